The topological polar surface area (TPSA) is 64.6 Å². The van der Waals surface area contributed by atoms with E-state index in [0.29, 0.717) is 0 Å². The monoisotopic (exact) mass is 215 g/mol. The molecule has 1 N–H and O–H groups in total. The van der Waals surface area contributed by atoms with Crippen LogP contribution in [0.2, 0.25) is 0 Å². The van der Waals surface area contributed by atoms with Crippen molar-refractivity contribution < 1.29 is 71.9 Å². The Kier molecular flexibility index (Phi) is 8.25. The molecule has 0 aromatic carbocycles. The van der Waals surface area contributed by atoms with Gasteiger partial charge in [0, 0.05) is 0 Å². The van der Waals surface area contributed by atoms with E-state index < -0.39 is 17.8 Å². The second-order valence-electron chi connectivity index (χ2n) is 3.12. The Balaban J connectivity index is -0.000000605. The minimum absolute atomic E-state index is 0. The number of hydrogen-bond acceptors (Lipinski definition) is 4. The van der Waals surface area contributed by atoms with Gasteiger partial charge in [0.05, 0.1) is 7.11 Å². The molecule has 0 unspecified atom stereocenters. The molecule has 0 bridgehead atoms. The van der Waals surface area contributed by atoms with Gasteiger partial charge in [0.1, 0.15) is 5.60 Å². The molecule has 0 aliphatic carbocycles. The molecule has 0 heterocycles. The summed E-state index contributed by atoms with van der Waals surface area (Å²) in [6.07, 6.45) is -1.64. The molecule has 0 spiro atoms. The molecule has 13 heavy (non-hydrogen) atoms. The second-order valence-corrected chi connectivity index (χ2v) is 3.12. The van der Waals surface area contributed by atoms with Crippen LogP contribution in [-0.4, -0.2) is 24.9 Å². The number of hydrogen-bond donors (Lipinski definition) is 1. The van der Waals surface area contributed by atoms with E-state index in [4.69, 9.17) is 4.74 Å². The summed E-state index contributed by atoms with van der Waals surface area (Å²) in [5.41, 5.74) is -0.613. The Morgan fingerprint density at radius 1 is 1.23 bits per heavy atom. The van der Waals surface area contributed by atoms with Crippen molar-refractivity contribution in [1.82, 2.24) is 5.32 Å². The van der Waals surface area contributed by atoms with Crippen LogP contribution >= 0.6 is 0 Å². The molecule has 0 fully saturated rings. The quantitative estimate of drug-likeness (QED) is 0.494. The number of carbonyl (C=O) groups excluding carboxylic acids is 2. The van der Waals surface area contributed by atoms with Crippen LogP contribution in [0.15, 0.2) is 0 Å². The van der Waals surface area contributed by atoms with Gasteiger partial charge in [-0.1, -0.05) is 0 Å². The Hall–Kier alpha value is 0.376. The molecule has 5 nitrogen and oxygen atoms in total. The van der Waals surface area contributed by atoms with Crippen LogP contribution < -0.4 is 56.7 Å². The zero-order valence-electron chi connectivity index (χ0n) is 9.63. The van der Waals surface area contributed by atoms with Crippen LogP contribution in [0.25, 0.3) is 0 Å². The first-order valence-electron chi connectivity index (χ1n) is 3.43. The first-order valence-corrected chi connectivity index (χ1v) is 3.43. The fraction of sp³-hybridized carbons (Fsp3) is 0.714. The predicted molar refractivity (Wildman–Crippen MR) is 42.9 cm³/mol. The van der Waals surface area contributed by atoms with Gasteiger partial charge in [0.15, 0.2) is 0 Å². The molecule has 0 saturated heterocycles. The van der Waals surface area contributed by atoms with E-state index in [1.54, 1.807) is 20.8 Å². The molecular formula is C7H14KNO4. The van der Waals surface area contributed by atoms with Crippen LogP contribution in [-0.2, 0) is 9.47 Å². The first-order chi connectivity index (χ1) is 5.35. The zero-order chi connectivity index (χ0) is 9.78. The number of rotatable bonds is 0. The van der Waals surface area contributed by atoms with Crippen molar-refractivity contribution in [3.63, 3.8) is 0 Å². The number of imide groups is 1. The summed E-state index contributed by atoms with van der Waals surface area (Å²) in [6, 6.07) is 0. The van der Waals surface area contributed by atoms with Crippen LogP contribution in [0.4, 0.5) is 9.59 Å². The Morgan fingerprint density at radius 2 is 1.69 bits per heavy atom. The predicted octanol–water partition coefficient (Wildman–Crippen LogP) is -1.61. The summed E-state index contributed by atoms with van der Waals surface area (Å²) in [6.45, 7) is 5.09. The third kappa shape index (κ3) is 10.3. The van der Waals surface area contributed by atoms with Crippen molar-refractivity contribution in [1.29, 1.82) is 0 Å². The van der Waals surface area contributed by atoms with Gasteiger partial charge < -0.3 is 10.9 Å². The molecule has 2 amide bonds. The molecular weight excluding hydrogens is 201 g/mol. The average molecular weight is 215 g/mol. The Bertz CT molecular complexity index is 193. The number of nitrogens with one attached hydrogen (secondary N) is 1. The molecule has 0 aromatic rings. The van der Waals surface area contributed by atoms with Crippen molar-refractivity contribution in [3.8, 4) is 0 Å². The SMILES string of the molecule is COC(=O)NC(=O)OC(C)(C)C.[H-].[K+]. The maximum Gasteiger partial charge on any atom is 1.00 e. The van der Waals surface area contributed by atoms with Crippen LogP contribution in [0.3, 0.4) is 0 Å². The molecule has 0 atom stereocenters. The van der Waals surface area contributed by atoms with E-state index in [9.17, 15) is 9.59 Å². The van der Waals surface area contributed by atoms with Gasteiger partial charge in [-0.25, -0.2) is 14.9 Å². The van der Waals surface area contributed by atoms with Gasteiger partial charge in [-0.2, -0.15) is 0 Å². The van der Waals surface area contributed by atoms with Crippen molar-refractivity contribution in [3.05, 3.63) is 0 Å². The molecule has 0 aromatic heterocycles. The van der Waals surface area contributed by atoms with E-state index in [0.717, 1.165) is 0 Å². The van der Waals surface area contributed by atoms with Gasteiger partial charge in [-0.15, -0.1) is 0 Å². The fourth-order valence-corrected chi connectivity index (χ4v) is 0.438. The van der Waals surface area contributed by atoms with Crippen LogP contribution in [0.5, 0.6) is 0 Å². The fourth-order valence-electron chi connectivity index (χ4n) is 0.438. The summed E-state index contributed by atoms with van der Waals surface area (Å²) < 4.78 is 8.94. The third-order valence-corrected chi connectivity index (χ3v) is 0.788. The van der Waals surface area contributed by atoms with E-state index in [2.05, 4.69) is 4.74 Å². The smallest absolute Gasteiger partial charge is 1.00 e. The molecule has 0 saturated carbocycles. The van der Waals surface area contributed by atoms with Gasteiger partial charge in [-0.05, 0) is 20.8 Å². The average Bonchev–Trinajstić information content (AvgIpc) is 1.82. The van der Waals surface area contributed by atoms with E-state index in [1.165, 1.54) is 7.11 Å². The molecule has 0 rings (SSSR count). The van der Waals surface area contributed by atoms with Crippen LogP contribution in [0, 0.1) is 0 Å². The summed E-state index contributed by atoms with van der Waals surface area (Å²) in [4.78, 5) is 21.3. The van der Waals surface area contributed by atoms with E-state index in [1.807, 2.05) is 5.32 Å². The summed E-state index contributed by atoms with van der Waals surface area (Å²) in [7, 11) is 1.17. The summed E-state index contributed by atoms with van der Waals surface area (Å²) >= 11 is 0. The maximum atomic E-state index is 10.8. The summed E-state index contributed by atoms with van der Waals surface area (Å²) in [5.74, 6) is 0. The standard InChI is InChI=1S/C7H13NO4.K.H/c1-7(2,3)12-6(10)8-5(9)11-4;;/h1-4H3,(H,8,9,10);;/q;+1;-1. The van der Waals surface area contributed by atoms with Crippen molar-refractivity contribution >= 4 is 12.2 Å². The van der Waals surface area contributed by atoms with Crippen molar-refractivity contribution in [2.24, 2.45) is 0 Å². The van der Waals surface area contributed by atoms with E-state index in [-0.39, 0.29) is 52.8 Å². The van der Waals surface area contributed by atoms with Crippen LogP contribution in [0.1, 0.15) is 22.2 Å². The number of carbonyl (C=O) groups is 2. The Morgan fingerprint density at radius 3 is 2.00 bits per heavy atom. The molecule has 6 heteroatoms. The number of ether oxygens (including phenoxy) is 2. The number of amides is 2. The number of alkyl carbamates (subject to hydrolysis) is 2. The third-order valence-electron chi connectivity index (χ3n) is 0.788. The second kappa shape index (κ2) is 6.77. The Labute approximate surface area is 121 Å². The van der Waals surface area contributed by atoms with Gasteiger partial charge >= 0.3 is 63.6 Å². The summed E-state index contributed by atoms with van der Waals surface area (Å²) in [5, 5.41) is 1.86. The number of methoxy groups -OCH3 is 1. The molecule has 0 aliphatic rings. The van der Waals surface area contributed by atoms with Crippen molar-refractivity contribution in [2.75, 3.05) is 7.11 Å². The molecule has 72 valence electrons. The largest absolute Gasteiger partial charge is 1.00 e. The molecule has 0 radical (unpaired) electrons. The normalized spacial score (nSPS) is 9.54. The van der Waals surface area contributed by atoms with Gasteiger partial charge in [0.25, 0.3) is 0 Å². The van der Waals surface area contributed by atoms with Gasteiger partial charge in [-0.3, -0.25) is 0 Å². The van der Waals surface area contributed by atoms with Crippen molar-refractivity contribution in [2.45, 2.75) is 26.4 Å². The van der Waals surface area contributed by atoms with E-state index >= 15 is 0 Å². The molecule has 0 aliphatic heterocycles. The first kappa shape index (κ1) is 15.8. The minimum Gasteiger partial charge on any atom is -1.00 e. The zero-order valence-corrected chi connectivity index (χ0v) is 11.8. The minimum atomic E-state index is -0.829. The van der Waals surface area contributed by atoms with Gasteiger partial charge in [0.2, 0.25) is 0 Å². The maximum absolute atomic E-state index is 10.8.